The highest BCUT2D eigenvalue weighted by Gasteiger charge is 1.96. The van der Waals surface area contributed by atoms with Crippen molar-refractivity contribution in [1.29, 1.82) is 0 Å². The predicted molar refractivity (Wildman–Crippen MR) is 79.2 cm³/mol. The first-order valence-electron chi connectivity index (χ1n) is 6.27. The molecule has 0 aliphatic heterocycles. The first-order chi connectivity index (χ1) is 8.86. The second kappa shape index (κ2) is 9.82. The molecule has 0 radical (unpaired) electrons. The van der Waals surface area contributed by atoms with Gasteiger partial charge in [-0.1, -0.05) is 0 Å². The van der Waals surface area contributed by atoms with Gasteiger partial charge in [0.25, 0.3) is 0 Å². The van der Waals surface area contributed by atoms with Crippen molar-refractivity contribution in [2.75, 3.05) is 32.1 Å². The highest BCUT2D eigenvalue weighted by atomic mass is 32.2. The molecule has 1 aromatic rings. The van der Waals surface area contributed by atoms with Crippen LogP contribution in [-0.4, -0.2) is 47.9 Å². The average molecular weight is 269 g/mol. The van der Waals surface area contributed by atoms with Gasteiger partial charge in [0.15, 0.2) is 5.96 Å². The molecule has 0 spiro atoms. The molecule has 0 unspecified atom stereocenters. The third kappa shape index (κ3) is 6.54. The molecule has 1 aromatic heterocycles. The maximum Gasteiger partial charge on any atom is 0.190 e. The molecule has 6 heteroatoms. The van der Waals surface area contributed by atoms with Gasteiger partial charge < -0.3 is 10.6 Å². The standard InChI is InChI=1S/C12H23N5S/c1-13-12(15-7-5-11-18-2)14-6-3-9-17-10-4-8-16-17/h4,8,10H,3,5-7,9,11H2,1-2H3,(H2,13,14,15). The minimum Gasteiger partial charge on any atom is -0.356 e. The summed E-state index contributed by atoms with van der Waals surface area (Å²) in [5.41, 5.74) is 0. The van der Waals surface area contributed by atoms with Crippen LogP contribution in [0, 0.1) is 0 Å². The predicted octanol–water partition coefficient (Wildman–Crippen LogP) is 1.19. The van der Waals surface area contributed by atoms with Gasteiger partial charge in [-0.25, -0.2) is 0 Å². The van der Waals surface area contributed by atoms with Crippen LogP contribution in [0.15, 0.2) is 23.5 Å². The van der Waals surface area contributed by atoms with Crippen LogP contribution >= 0.6 is 11.8 Å². The zero-order chi connectivity index (χ0) is 13.1. The molecule has 0 fully saturated rings. The van der Waals surface area contributed by atoms with Crippen molar-refractivity contribution in [3.05, 3.63) is 18.5 Å². The lowest BCUT2D eigenvalue weighted by Gasteiger charge is -2.11. The molecule has 0 bridgehead atoms. The molecule has 1 rings (SSSR count). The summed E-state index contributed by atoms with van der Waals surface area (Å²) in [5, 5.41) is 10.8. The van der Waals surface area contributed by atoms with E-state index in [1.165, 1.54) is 5.75 Å². The van der Waals surface area contributed by atoms with Gasteiger partial charge in [0.1, 0.15) is 0 Å². The van der Waals surface area contributed by atoms with Gasteiger partial charge in [0, 0.05) is 39.1 Å². The highest BCUT2D eigenvalue weighted by molar-refractivity contribution is 7.98. The largest absolute Gasteiger partial charge is 0.356 e. The molecular formula is C12H23N5S. The summed E-state index contributed by atoms with van der Waals surface area (Å²) in [4.78, 5) is 4.19. The molecule has 2 N–H and O–H groups in total. The fraction of sp³-hybridized carbons (Fsp3) is 0.667. The zero-order valence-corrected chi connectivity index (χ0v) is 12.0. The van der Waals surface area contributed by atoms with Crippen molar-refractivity contribution in [2.24, 2.45) is 4.99 Å². The zero-order valence-electron chi connectivity index (χ0n) is 11.2. The van der Waals surface area contributed by atoms with E-state index < -0.39 is 0 Å². The Kier molecular flexibility index (Phi) is 8.12. The summed E-state index contributed by atoms with van der Waals surface area (Å²) >= 11 is 1.87. The van der Waals surface area contributed by atoms with Gasteiger partial charge in [-0.15, -0.1) is 0 Å². The number of aromatic nitrogens is 2. The summed E-state index contributed by atoms with van der Waals surface area (Å²) in [6, 6.07) is 1.94. The smallest absolute Gasteiger partial charge is 0.190 e. The number of hydrogen-bond acceptors (Lipinski definition) is 3. The second-order valence-corrected chi connectivity index (χ2v) is 4.88. The fourth-order valence-electron chi connectivity index (χ4n) is 1.52. The Morgan fingerprint density at radius 3 is 2.72 bits per heavy atom. The third-order valence-corrected chi connectivity index (χ3v) is 3.15. The molecule has 18 heavy (non-hydrogen) atoms. The van der Waals surface area contributed by atoms with E-state index in [9.17, 15) is 0 Å². The van der Waals surface area contributed by atoms with Crippen molar-refractivity contribution in [3.8, 4) is 0 Å². The second-order valence-electron chi connectivity index (χ2n) is 3.89. The molecule has 102 valence electrons. The fourth-order valence-corrected chi connectivity index (χ4v) is 1.96. The molecule has 0 amide bonds. The summed E-state index contributed by atoms with van der Waals surface area (Å²) < 4.78 is 1.94. The van der Waals surface area contributed by atoms with Crippen LogP contribution in [0.3, 0.4) is 0 Å². The van der Waals surface area contributed by atoms with Crippen LogP contribution in [0.5, 0.6) is 0 Å². The number of hydrogen-bond donors (Lipinski definition) is 2. The van der Waals surface area contributed by atoms with E-state index in [1.807, 2.05) is 28.7 Å². The molecule has 1 heterocycles. The lowest BCUT2D eigenvalue weighted by atomic mass is 10.4. The summed E-state index contributed by atoms with van der Waals surface area (Å²) in [6.07, 6.45) is 8.11. The van der Waals surface area contributed by atoms with Gasteiger partial charge in [0.05, 0.1) is 0 Å². The number of nitrogens with zero attached hydrogens (tertiary/aromatic N) is 3. The first kappa shape index (κ1) is 14.9. The van der Waals surface area contributed by atoms with Crippen molar-refractivity contribution < 1.29 is 0 Å². The molecule has 5 nitrogen and oxygen atoms in total. The van der Waals surface area contributed by atoms with Crippen LogP contribution in [0.4, 0.5) is 0 Å². The van der Waals surface area contributed by atoms with Gasteiger partial charge >= 0.3 is 0 Å². The van der Waals surface area contributed by atoms with E-state index >= 15 is 0 Å². The number of nitrogens with one attached hydrogen (secondary N) is 2. The minimum absolute atomic E-state index is 0.886. The normalized spacial score (nSPS) is 11.6. The van der Waals surface area contributed by atoms with Crippen molar-refractivity contribution in [2.45, 2.75) is 19.4 Å². The Hall–Kier alpha value is -1.17. The lowest BCUT2D eigenvalue weighted by Crippen LogP contribution is -2.38. The average Bonchev–Trinajstić information content (AvgIpc) is 2.90. The van der Waals surface area contributed by atoms with Gasteiger partial charge in [-0.2, -0.15) is 16.9 Å². The maximum absolute atomic E-state index is 4.19. The van der Waals surface area contributed by atoms with Crippen LogP contribution in [0.25, 0.3) is 0 Å². The quantitative estimate of drug-likeness (QED) is 0.423. The molecule has 0 aliphatic rings. The Bertz CT molecular complexity index is 323. The van der Waals surface area contributed by atoms with Crippen LogP contribution in [0.1, 0.15) is 12.8 Å². The van der Waals surface area contributed by atoms with Crippen molar-refractivity contribution in [3.63, 3.8) is 0 Å². The third-order valence-electron chi connectivity index (χ3n) is 2.46. The molecule has 0 saturated heterocycles. The number of guanidine groups is 1. The highest BCUT2D eigenvalue weighted by Crippen LogP contribution is 1.93. The van der Waals surface area contributed by atoms with Crippen molar-refractivity contribution in [1.82, 2.24) is 20.4 Å². The summed E-state index contributed by atoms with van der Waals surface area (Å²) in [7, 11) is 1.80. The summed E-state index contributed by atoms with van der Waals surface area (Å²) in [5.74, 6) is 2.07. The SMILES string of the molecule is CN=C(NCCCSC)NCCCn1cccn1. The van der Waals surface area contributed by atoms with Gasteiger partial charge in [0.2, 0.25) is 0 Å². The first-order valence-corrected chi connectivity index (χ1v) is 7.67. The van der Waals surface area contributed by atoms with Crippen LogP contribution in [-0.2, 0) is 6.54 Å². The molecule has 0 aliphatic carbocycles. The lowest BCUT2D eigenvalue weighted by molar-refractivity contribution is 0.570. The number of thioether (sulfide) groups is 1. The van der Waals surface area contributed by atoms with E-state index in [2.05, 4.69) is 27.0 Å². The number of aryl methyl sites for hydroxylation is 1. The Morgan fingerprint density at radius 1 is 1.33 bits per heavy atom. The van der Waals surface area contributed by atoms with Crippen LogP contribution in [0.2, 0.25) is 0 Å². The van der Waals surface area contributed by atoms with Gasteiger partial charge in [-0.05, 0) is 30.9 Å². The Labute approximate surface area is 113 Å². The Morgan fingerprint density at radius 2 is 2.11 bits per heavy atom. The van der Waals surface area contributed by atoms with Crippen LogP contribution < -0.4 is 10.6 Å². The van der Waals surface area contributed by atoms with E-state index in [0.717, 1.165) is 38.4 Å². The monoisotopic (exact) mass is 269 g/mol. The molecule has 0 atom stereocenters. The molecular weight excluding hydrogens is 246 g/mol. The number of rotatable bonds is 8. The van der Waals surface area contributed by atoms with E-state index in [4.69, 9.17) is 0 Å². The van der Waals surface area contributed by atoms with E-state index in [-0.39, 0.29) is 0 Å². The van der Waals surface area contributed by atoms with Crippen molar-refractivity contribution >= 4 is 17.7 Å². The maximum atomic E-state index is 4.19. The molecule has 0 saturated carbocycles. The Balaban J connectivity index is 2.05. The minimum atomic E-state index is 0.886. The van der Waals surface area contributed by atoms with E-state index in [0.29, 0.717) is 0 Å². The molecule has 0 aromatic carbocycles. The van der Waals surface area contributed by atoms with E-state index in [1.54, 1.807) is 13.2 Å². The topological polar surface area (TPSA) is 54.2 Å². The number of aliphatic imine (C=N–C) groups is 1. The van der Waals surface area contributed by atoms with Gasteiger partial charge in [-0.3, -0.25) is 9.67 Å². The summed E-state index contributed by atoms with van der Waals surface area (Å²) in [6.45, 7) is 2.81.